The van der Waals surface area contributed by atoms with Gasteiger partial charge in [0.2, 0.25) is 0 Å². The highest BCUT2D eigenvalue weighted by Gasteiger charge is 2.26. The highest BCUT2D eigenvalue weighted by molar-refractivity contribution is 5.29. The van der Waals surface area contributed by atoms with Crippen molar-refractivity contribution in [3.63, 3.8) is 0 Å². The number of phenolic OH excluding ortho intramolecular Hbond substituents is 1. The quantitative estimate of drug-likeness (QED) is 0.799. The van der Waals surface area contributed by atoms with Crippen LogP contribution in [0.1, 0.15) is 50.0 Å². The summed E-state index contributed by atoms with van der Waals surface area (Å²) in [5, 5.41) is 13.1. The Morgan fingerprint density at radius 1 is 1.18 bits per heavy atom. The number of benzene rings is 1. The summed E-state index contributed by atoms with van der Waals surface area (Å²) in [5.74, 6) is 0.926. The first-order chi connectivity index (χ1) is 10.7. The molecule has 4 heteroatoms. The van der Waals surface area contributed by atoms with Gasteiger partial charge in [0.15, 0.2) is 0 Å². The van der Waals surface area contributed by atoms with Crippen molar-refractivity contribution in [2.75, 3.05) is 13.2 Å². The number of nitrogens with one attached hydrogen (secondary N) is 1. The molecule has 1 unspecified atom stereocenters. The Morgan fingerprint density at radius 2 is 2.00 bits per heavy atom. The number of rotatable bonds is 4. The van der Waals surface area contributed by atoms with Crippen molar-refractivity contribution in [3.8, 4) is 5.75 Å². The van der Waals surface area contributed by atoms with Gasteiger partial charge in [-0.05, 0) is 68.7 Å². The highest BCUT2D eigenvalue weighted by atomic mass is 16.5. The van der Waals surface area contributed by atoms with E-state index in [0.717, 1.165) is 45.3 Å². The molecule has 1 aliphatic heterocycles. The van der Waals surface area contributed by atoms with Gasteiger partial charge in [0.25, 0.3) is 0 Å². The van der Waals surface area contributed by atoms with Gasteiger partial charge in [-0.25, -0.2) is 0 Å². The molecule has 1 saturated heterocycles. The SMILES string of the molecule is NC1CCCN[C@H]1COC1CCC(c2cccc(O)c2)CC1. The third kappa shape index (κ3) is 4.00. The topological polar surface area (TPSA) is 67.5 Å². The van der Waals surface area contributed by atoms with Crippen molar-refractivity contribution in [3.05, 3.63) is 29.8 Å². The molecule has 1 aromatic carbocycles. The van der Waals surface area contributed by atoms with Crippen LogP contribution in [0.4, 0.5) is 0 Å². The summed E-state index contributed by atoms with van der Waals surface area (Å²) in [5.41, 5.74) is 7.40. The molecule has 122 valence electrons. The lowest BCUT2D eigenvalue weighted by molar-refractivity contribution is 0.00619. The molecule has 1 aliphatic carbocycles. The predicted molar refractivity (Wildman–Crippen MR) is 88.1 cm³/mol. The fourth-order valence-corrected chi connectivity index (χ4v) is 3.74. The average Bonchev–Trinajstić information content (AvgIpc) is 2.55. The van der Waals surface area contributed by atoms with E-state index in [0.29, 0.717) is 23.8 Å². The Kier molecular flexibility index (Phi) is 5.34. The Balaban J connectivity index is 1.44. The number of piperidine rings is 1. The van der Waals surface area contributed by atoms with Gasteiger partial charge >= 0.3 is 0 Å². The minimum Gasteiger partial charge on any atom is -0.508 e. The van der Waals surface area contributed by atoms with Gasteiger partial charge in [-0.15, -0.1) is 0 Å². The van der Waals surface area contributed by atoms with Crippen LogP contribution in [-0.2, 0) is 4.74 Å². The molecule has 0 radical (unpaired) electrons. The zero-order valence-corrected chi connectivity index (χ0v) is 13.2. The maximum Gasteiger partial charge on any atom is 0.115 e. The maximum atomic E-state index is 9.61. The average molecular weight is 304 g/mol. The van der Waals surface area contributed by atoms with Gasteiger partial charge in [-0.3, -0.25) is 0 Å². The third-order valence-corrected chi connectivity index (χ3v) is 5.16. The monoisotopic (exact) mass is 304 g/mol. The lowest BCUT2D eigenvalue weighted by atomic mass is 9.82. The van der Waals surface area contributed by atoms with Gasteiger partial charge in [-0.2, -0.15) is 0 Å². The van der Waals surface area contributed by atoms with E-state index >= 15 is 0 Å². The largest absolute Gasteiger partial charge is 0.508 e. The van der Waals surface area contributed by atoms with Crippen LogP contribution in [0.5, 0.6) is 5.75 Å². The summed E-state index contributed by atoms with van der Waals surface area (Å²) in [7, 11) is 0. The molecule has 4 N–H and O–H groups in total. The summed E-state index contributed by atoms with van der Waals surface area (Å²) in [6, 6.07) is 8.24. The molecular formula is C18H28N2O2. The molecule has 4 nitrogen and oxygen atoms in total. The molecule has 0 amide bonds. The molecular weight excluding hydrogens is 276 g/mol. The van der Waals surface area contributed by atoms with Crippen LogP contribution < -0.4 is 11.1 Å². The fourth-order valence-electron chi connectivity index (χ4n) is 3.74. The molecule has 0 bridgehead atoms. The number of nitrogens with two attached hydrogens (primary N) is 1. The molecule has 0 aromatic heterocycles. The first kappa shape index (κ1) is 15.8. The first-order valence-electron chi connectivity index (χ1n) is 8.62. The number of hydrogen-bond acceptors (Lipinski definition) is 4. The van der Waals surface area contributed by atoms with Gasteiger partial charge in [0, 0.05) is 12.1 Å². The summed E-state index contributed by atoms with van der Waals surface area (Å²) in [6.07, 6.45) is 7.11. The van der Waals surface area contributed by atoms with Crippen molar-refractivity contribution in [1.29, 1.82) is 0 Å². The minimum absolute atomic E-state index is 0.234. The second kappa shape index (κ2) is 7.44. The van der Waals surface area contributed by atoms with Crippen LogP contribution in [0.25, 0.3) is 0 Å². The fraction of sp³-hybridized carbons (Fsp3) is 0.667. The molecule has 22 heavy (non-hydrogen) atoms. The van der Waals surface area contributed by atoms with Crippen molar-refractivity contribution >= 4 is 0 Å². The van der Waals surface area contributed by atoms with Crippen LogP contribution in [0, 0.1) is 0 Å². The standard InChI is InChI=1S/C18H28N2O2/c19-17-5-2-10-20-18(17)12-22-16-8-6-13(7-9-16)14-3-1-4-15(21)11-14/h1,3-4,11,13,16-18,20-21H,2,5-10,12,19H2/t13?,16?,17?,18-/m0/s1. The van der Waals surface area contributed by atoms with E-state index in [2.05, 4.69) is 11.4 Å². The summed E-state index contributed by atoms with van der Waals surface area (Å²) < 4.78 is 6.11. The molecule has 2 fully saturated rings. The molecule has 0 spiro atoms. The zero-order chi connectivity index (χ0) is 15.4. The van der Waals surface area contributed by atoms with E-state index in [1.54, 1.807) is 6.07 Å². The smallest absolute Gasteiger partial charge is 0.115 e. The van der Waals surface area contributed by atoms with E-state index in [1.807, 2.05) is 12.1 Å². The molecule has 2 atom stereocenters. The van der Waals surface area contributed by atoms with Gasteiger partial charge in [0.1, 0.15) is 5.75 Å². The molecule has 2 aliphatic rings. The normalized spacial score (nSPS) is 32.8. The van der Waals surface area contributed by atoms with E-state index in [4.69, 9.17) is 10.5 Å². The highest BCUT2D eigenvalue weighted by Crippen LogP contribution is 2.35. The van der Waals surface area contributed by atoms with Crippen LogP contribution in [0.2, 0.25) is 0 Å². The summed E-state index contributed by atoms with van der Waals surface area (Å²) in [4.78, 5) is 0. The van der Waals surface area contributed by atoms with Gasteiger partial charge in [-0.1, -0.05) is 12.1 Å². The number of ether oxygens (including phenoxy) is 1. The van der Waals surface area contributed by atoms with Gasteiger partial charge in [0.05, 0.1) is 12.7 Å². The van der Waals surface area contributed by atoms with E-state index in [9.17, 15) is 5.11 Å². The van der Waals surface area contributed by atoms with Crippen LogP contribution in [0.3, 0.4) is 0 Å². The Hall–Kier alpha value is -1.10. The molecule has 1 heterocycles. The summed E-state index contributed by atoms with van der Waals surface area (Å²) >= 11 is 0. The Labute approximate surface area is 133 Å². The predicted octanol–water partition coefficient (Wildman–Crippen LogP) is 2.51. The minimum atomic E-state index is 0.234. The van der Waals surface area contributed by atoms with E-state index in [1.165, 1.54) is 12.0 Å². The van der Waals surface area contributed by atoms with Crippen LogP contribution >= 0.6 is 0 Å². The van der Waals surface area contributed by atoms with Crippen LogP contribution in [-0.4, -0.2) is 36.4 Å². The number of aromatic hydroxyl groups is 1. The third-order valence-electron chi connectivity index (χ3n) is 5.16. The second-order valence-corrected chi connectivity index (χ2v) is 6.77. The van der Waals surface area contributed by atoms with Crippen molar-refractivity contribution in [1.82, 2.24) is 5.32 Å². The maximum absolute atomic E-state index is 9.61. The van der Waals surface area contributed by atoms with E-state index < -0.39 is 0 Å². The summed E-state index contributed by atoms with van der Waals surface area (Å²) in [6.45, 7) is 1.80. The van der Waals surface area contributed by atoms with Crippen LogP contribution in [0.15, 0.2) is 24.3 Å². The molecule has 1 aromatic rings. The lowest BCUT2D eigenvalue weighted by Crippen LogP contribution is -2.52. The van der Waals surface area contributed by atoms with E-state index in [-0.39, 0.29) is 6.04 Å². The Bertz CT molecular complexity index is 472. The lowest BCUT2D eigenvalue weighted by Gasteiger charge is -2.33. The van der Waals surface area contributed by atoms with Gasteiger partial charge < -0.3 is 20.9 Å². The molecule has 3 rings (SSSR count). The van der Waals surface area contributed by atoms with Crippen molar-refractivity contribution in [2.24, 2.45) is 5.73 Å². The first-order valence-corrected chi connectivity index (χ1v) is 8.62. The molecule has 1 saturated carbocycles. The number of hydrogen-bond donors (Lipinski definition) is 3. The second-order valence-electron chi connectivity index (χ2n) is 6.77. The van der Waals surface area contributed by atoms with Crippen molar-refractivity contribution < 1.29 is 9.84 Å². The van der Waals surface area contributed by atoms with Crippen molar-refractivity contribution in [2.45, 2.75) is 62.6 Å². The Morgan fingerprint density at radius 3 is 2.73 bits per heavy atom. The number of phenols is 1. The zero-order valence-electron chi connectivity index (χ0n) is 13.2.